The third-order valence-electron chi connectivity index (χ3n) is 3.13. The third-order valence-corrected chi connectivity index (χ3v) is 3.33. The number of aryl methyl sites for hydroxylation is 1. The van der Waals surface area contributed by atoms with Gasteiger partial charge in [-0.2, -0.15) is 0 Å². The second-order valence-corrected chi connectivity index (χ2v) is 5.01. The van der Waals surface area contributed by atoms with Gasteiger partial charge in [0, 0.05) is 19.2 Å². The fraction of sp³-hybridized carbons (Fsp3) is 0.667. The lowest BCUT2D eigenvalue weighted by Crippen LogP contribution is -2.25. The summed E-state index contributed by atoms with van der Waals surface area (Å²) in [6.45, 7) is 6.36. The summed E-state index contributed by atoms with van der Waals surface area (Å²) >= 11 is 5.96. The Morgan fingerprint density at radius 1 is 1.31 bits per heavy atom. The fourth-order valence-electron chi connectivity index (χ4n) is 2.17. The molecule has 0 spiro atoms. The molecule has 0 saturated carbocycles. The van der Waals surface area contributed by atoms with E-state index in [0.717, 1.165) is 30.6 Å². The molecule has 4 heteroatoms. The fourth-order valence-corrected chi connectivity index (χ4v) is 2.39. The van der Waals surface area contributed by atoms with Crippen molar-refractivity contribution in [1.29, 1.82) is 0 Å². The Labute approximate surface area is 102 Å². The third kappa shape index (κ3) is 2.85. The average Bonchev–Trinajstić information content (AvgIpc) is 2.41. The van der Waals surface area contributed by atoms with Gasteiger partial charge in [0.15, 0.2) is 0 Å². The molecule has 3 nitrogen and oxygen atoms in total. The quantitative estimate of drug-likeness (QED) is 0.706. The molecular weight excluding hydrogens is 222 g/mol. The first-order valence-corrected chi connectivity index (χ1v) is 6.29. The van der Waals surface area contributed by atoms with Crippen LogP contribution in [0.4, 0.5) is 5.82 Å². The van der Waals surface area contributed by atoms with E-state index in [1.165, 1.54) is 19.3 Å². The van der Waals surface area contributed by atoms with Crippen LogP contribution in [0.25, 0.3) is 0 Å². The van der Waals surface area contributed by atoms with E-state index in [1.807, 2.05) is 13.0 Å². The average molecular weight is 240 g/mol. The minimum atomic E-state index is 0.541. The molecule has 1 aliphatic rings. The number of aromatic nitrogens is 2. The lowest BCUT2D eigenvalue weighted by molar-refractivity contribution is 0.521. The lowest BCUT2D eigenvalue weighted by Gasteiger charge is -2.21. The maximum absolute atomic E-state index is 5.96. The molecule has 1 unspecified atom stereocenters. The number of nitrogens with zero attached hydrogens (tertiary/aromatic N) is 3. The Bertz CT molecular complexity index is 347. The number of rotatable bonds is 1. The van der Waals surface area contributed by atoms with Gasteiger partial charge < -0.3 is 4.90 Å². The number of anilines is 1. The highest BCUT2D eigenvalue weighted by Gasteiger charge is 2.15. The zero-order valence-corrected chi connectivity index (χ0v) is 10.7. The zero-order valence-electron chi connectivity index (χ0n) is 9.91. The van der Waals surface area contributed by atoms with Crippen LogP contribution in [0.5, 0.6) is 0 Å². The van der Waals surface area contributed by atoms with Gasteiger partial charge >= 0.3 is 0 Å². The highest BCUT2D eigenvalue weighted by atomic mass is 35.5. The largest absolute Gasteiger partial charge is 0.356 e. The van der Waals surface area contributed by atoms with Crippen molar-refractivity contribution in [2.75, 3.05) is 18.0 Å². The van der Waals surface area contributed by atoms with Crippen molar-refractivity contribution < 1.29 is 0 Å². The van der Waals surface area contributed by atoms with Crippen LogP contribution in [0.15, 0.2) is 6.07 Å². The molecule has 0 bridgehead atoms. The molecule has 1 saturated heterocycles. The second-order valence-electron chi connectivity index (χ2n) is 4.62. The number of hydrogen-bond donors (Lipinski definition) is 0. The van der Waals surface area contributed by atoms with Crippen molar-refractivity contribution in [1.82, 2.24) is 9.97 Å². The minimum absolute atomic E-state index is 0.541. The van der Waals surface area contributed by atoms with Gasteiger partial charge in [-0.05, 0) is 32.1 Å². The van der Waals surface area contributed by atoms with E-state index in [1.54, 1.807) is 0 Å². The van der Waals surface area contributed by atoms with Crippen LogP contribution in [-0.2, 0) is 0 Å². The van der Waals surface area contributed by atoms with Gasteiger partial charge in [0.1, 0.15) is 16.8 Å². The van der Waals surface area contributed by atoms with Crippen molar-refractivity contribution in [3.8, 4) is 0 Å². The Morgan fingerprint density at radius 2 is 2.12 bits per heavy atom. The van der Waals surface area contributed by atoms with Crippen LogP contribution in [0, 0.1) is 12.8 Å². The van der Waals surface area contributed by atoms with Gasteiger partial charge in [-0.15, -0.1) is 0 Å². The Kier molecular flexibility index (Phi) is 3.64. The first-order chi connectivity index (χ1) is 7.65. The number of hydrogen-bond acceptors (Lipinski definition) is 3. The molecule has 0 aliphatic carbocycles. The summed E-state index contributed by atoms with van der Waals surface area (Å²) in [4.78, 5) is 10.9. The number of halogens is 1. The van der Waals surface area contributed by atoms with Gasteiger partial charge in [-0.25, -0.2) is 9.97 Å². The molecule has 1 aliphatic heterocycles. The summed E-state index contributed by atoms with van der Waals surface area (Å²) in [7, 11) is 0. The molecule has 1 aromatic heterocycles. The normalized spacial score (nSPS) is 21.9. The van der Waals surface area contributed by atoms with E-state index in [4.69, 9.17) is 11.6 Å². The summed E-state index contributed by atoms with van der Waals surface area (Å²) in [5.74, 6) is 2.55. The molecule has 1 fully saturated rings. The summed E-state index contributed by atoms with van der Waals surface area (Å²) in [6.07, 6.45) is 3.79. The molecule has 2 heterocycles. The van der Waals surface area contributed by atoms with Crippen molar-refractivity contribution in [3.63, 3.8) is 0 Å². The summed E-state index contributed by atoms with van der Waals surface area (Å²) in [6, 6.07) is 1.87. The Hall–Kier alpha value is -0.830. The molecule has 1 aromatic rings. The lowest BCUT2D eigenvalue weighted by atomic mass is 10.0. The van der Waals surface area contributed by atoms with Gasteiger partial charge in [0.25, 0.3) is 0 Å². The summed E-state index contributed by atoms with van der Waals surface area (Å²) < 4.78 is 0. The van der Waals surface area contributed by atoms with Crippen LogP contribution >= 0.6 is 11.6 Å². The van der Waals surface area contributed by atoms with Gasteiger partial charge in [0.2, 0.25) is 0 Å². The Morgan fingerprint density at radius 3 is 2.88 bits per heavy atom. The van der Waals surface area contributed by atoms with Crippen molar-refractivity contribution in [2.45, 2.75) is 33.1 Å². The van der Waals surface area contributed by atoms with E-state index in [-0.39, 0.29) is 0 Å². The topological polar surface area (TPSA) is 29.0 Å². The molecule has 0 amide bonds. The van der Waals surface area contributed by atoms with E-state index in [9.17, 15) is 0 Å². The van der Waals surface area contributed by atoms with Gasteiger partial charge in [-0.3, -0.25) is 0 Å². The molecule has 1 atom stereocenters. The van der Waals surface area contributed by atoms with Crippen LogP contribution in [0.3, 0.4) is 0 Å². The van der Waals surface area contributed by atoms with Gasteiger partial charge in [0.05, 0.1) is 0 Å². The highest BCUT2D eigenvalue weighted by molar-refractivity contribution is 6.29. The molecule has 2 rings (SSSR count). The van der Waals surface area contributed by atoms with Crippen LogP contribution in [0.1, 0.15) is 32.0 Å². The van der Waals surface area contributed by atoms with Crippen molar-refractivity contribution in [3.05, 3.63) is 17.0 Å². The highest BCUT2D eigenvalue weighted by Crippen LogP contribution is 2.22. The minimum Gasteiger partial charge on any atom is -0.356 e. The van der Waals surface area contributed by atoms with E-state index < -0.39 is 0 Å². The molecule has 88 valence electrons. The molecular formula is C12H18ClN3. The van der Waals surface area contributed by atoms with Crippen molar-refractivity contribution >= 4 is 17.4 Å². The van der Waals surface area contributed by atoms with E-state index >= 15 is 0 Å². The maximum Gasteiger partial charge on any atom is 0.134 e. The zero-order chi connectivity index (χ0) is 11.5. The van der Waals surface area contributed by atoms with Crippen molar-refractivity contribution in [2.24, 2.45) is 5.92 Å². The molecule has 0 N–H and O–H groups in total. The maximum atomic E-state index is 5.96. The van der Waals surface area contributed by atoms with E-state index in [2.05, 4.69) is 21.8 Å². The summed E-state index contributed by atoms with van der Waals surface area (Å²) in [5.41, 5.74) is 0. The predicted octanol–water partition coefficient (Wildman–Crippen LogP) is 3.06. The Balaban J connectivity index is 2.16. The van der Waals surface area contributed by atoms with Crippen LogP contribution < -0.4 is 4.90 Å². The van der Waals surface area contributed by atoms with Crippen LogP contribution in [0.2, 0.25) is 5.15 Å². The molecule has 0 radical (unpaired) electrons. The summed E-state index contributed by atoms with van der Waals surface area (Å²) in [5, 5.41) is 0.541. The SMILES string of the molecule is Cc1nc(Cl)cc(N2CCCC(C)CC2)n1. The molecule has 16 heavy (non-hydrogen) atoms. The standard InChI is InChI=1S/C12H18ClN3/c1-9-4-3-6-16(7-5-9)12-8-11(13)14-10(2)15-12/h8-9H,3-7H2,1-2H3. The molecule has 0 aromatic carbocycles. The predicted molar refractivity (Wildman–Crippen MR) is 67.0 cm³/mol. The first-order valence-electron chi connectivity index (χ1n) is 5.91. The van der Waals surface area contributed by atoms with E-state index in [0.29, 0.717) is 5.15 Å². The second kappa shape index (κ2) is 5.00. The smallest absolute Gasteiger partial charge is 0.134 e. The monoisotopic (exact) mass is 239 g/mol. The van der Waals surface area contributed by atoms with Crippen LogP contribution in [-0.4, -0.2) is 23.1 Å². The first kappa shape index (κ1) is 11.6. The van der Waals surface area contributed by atoms with Gasteiger partial charge in [-0.1, -0.05) is 18.5 Å².